The quantitative estimate of drug-likeness (QED) is 0.675. The maximum atomic E-state index is 14.6. The predicted molar refractivity (Wildman–Crippen MR) is 117 cm³/mol. The minimum Gasteiger partial charge on any atom is -0.380 e. The van der Waals surface area contributed by atoms with E-state index >= 15 is 0 Å². The Bertz CT molecular complexity index is 1180. The number of aliphatic imine (C=N–C) groups is 1. The number of hydrogen-bond acceptors (Lipinski definition) is 4. The Morgan fingerprint density at radius 2 is 2.16 bits per heavy atom. The first-order chi connectivity index (χ1) is 15.0. The van der Waals surface area contributed by atoms with Gasteiger partial charge in [0, 0.05) is 37.1 Å². The van der Waals surface area contributed by atoms with Crippen molar-refractivity contribution in [3.63, 3.8) is 0 Å². The molecule has 2 aliphatic heterocycles. The van der Waals surface area contributed by atoms with Gasteiger partial charge in [0.25, 0.3) is 5.56 Å². The third-order valence-electron chi connectivity index (χ3n) is 7.43. The van der Waals surface area contributed by atoms with E-state index in [1.807, 2.05) is 19.9 Å². The molecule has 0 N–H and O–H groups in total. The fourth-order valence-corrected chi connectivity index (χ4v) is 5.85. The van der Waals surface area contributed by atoms with E-state index in [0.29, 0.717) is 24.2 Å². The van der Waals surface area contributed by atoms with Gasteiger partial charge < -0.3 is 14.1 Å². The molecule has 0 amide bonds. The third-order valence-corrected chi connectivity index (χ3v) is 7.43. The van der Waals surface area contributed by atoms with Gasteiger partial charge in [-0.05, 0) is 66.8 Å². The van der Waals surface area contributed by atoms with Crippen LogP contribution in [0.5, 0.6) is 0 Å². The topological polar surface area (TPSA) is 60.7 Å². The summed E-state index contributed by atoms with van der Waals surface area (Å²) in [7, 11) is 1.56. The fourth-order valence-electron chi connectivity index (χ4n) is 5.85. The molecule has 0 radical (unpaired) electrons. The molecule has 0 saturated heterocycles. The molecule has 3 atom stereocenters. The molecular weight excluding hydrogens is 395 g/mol. The minimum absolute atomic E-state index is 0.103. The Balaban J connectivity index is 1.74. The lowest BCUT2D eigenvalue weighted by Crippen LogP contribution is -2.28. The van der Waals surface area contributed by atoms with Crippen molar-refractivity contribution in [2.45, 2.75) is 64.5 Å². The second kappa shape index (κ2) is 7.52. The Morgan fingerprint density at radius 3 is 2.87 bits per heavy atom. The van der Waals surface area contributed by atoms with Crippen molar-refractivity contribution in [1.29, 1.82) is 0 Å². The van der Waals surface area contributed by atoms with Gasteiger partial charge in [0.1, 0.15) is 12.1 Å². The molecule has 1 aliphatic carbocycles. The van der Waals surface area contributed by atoms with Gasteiger partial charge in [-0.2, -0.15) is 0 Å². The smallest absolute Gasteiger partial charge is 0.256 e. The normalized spacial score (nSPS) is 21.7. The van der Waals surface area contributed by atoms with Gasteiger partial charge in [-0.3, -0.25) is 9.79 Å². The second-order valence-electron chi connectivity index (χ2n) is 8.96. The van der Waals surface area contributed by atoms with Gasteiger partial charge in [0.2, 0.25) is 0 Å². The van der Waals surface area contributed by atoms with Crippen LogP contribution in [0.25, 0.3) is 0 Å². The number of fused-ring (bicyclic) bond motifs is 4. The Kier molecular flexibility index (Phi) is 4.93. The number of methoxy groups -OCH3 is 1. The van der Waals surface area contributed by atoms with Gasteiger partial charge in [0.05, 0.1) is 23.7 Å². The molecule has 1 aromatic carbocycles. The van der Waals surface area contributed by atoms with Crippen LogP contribution >= 0.6 is 0 Å². The first-order valence-corrected chi connectivity index (χ1v) is 11.1. The summed E-state index contributed by atoms with van der Waals surface area (Å²) in [5.74, 6) is -0.227. The van der Waals surface area contributed by atoms with E-state index in [1.165, 1.54) is 5.56 Å². The van der Waals surface area contributed by atoms with Crippen molar-refractivity contribution < 1.29 is 13.9 Å². The van der Waals surface area contributed by atoms with E-state index in [1.54, 1.807) is 17.7 Å². The number of pyridine rings is 1. The Hall–Kier alpha value is -2.60. The zero-order chi connectivity index (χ0) is 21.9. The highest BCUT2D eigenvalue weighted by Crippen LogP contribution is 2.50. The van der Waals surface area contributed by atoms with E-state index in [4.69, 9.17) is 9.73 Å². The van der Waals surface area contributed by atoms with Crippen molar-refractivity contribution in [1.82, 2.24) is 4.57 Å². The van der Waals surface area contributed by atoms with Crippen molar-refractivity contribution in [3.05, 3.63) is 61.8 Å². The molecule has 3 heterocycles. The van der Waals surface area contributed by atoms with Gasteiger partial charge in [-0.1, -0.05) is 6.92 Å². The van der Waals surface area contributed by atoms with Crippen LogP contribution in [0, 0.1) is 18.7 Å². The number of nitrogens with zero attached hydrogens (tertiary/aromatic N) is 2. The zero-order valence-electron chi connectivity index (χ0n) is 18.2. The van der Waals surface area contributed by atoms with Crippen LogP contribution in [-0.2, 0) is 29.1 Å². The lowest BCUT2D eigenvalue weighted by Gasteiger charge is -2.35. The van der Waals surface area contributed by atoms with Crippen LogP contribution in [0.15, 0.2) is 21.9 Å². The van der Waals surface area contributed by atoms with Crippen molar-refractivity contribution in [3.8, 4) is 0 Å². The van der Waals surface area contributed by atoms with E-state index < -0.39 is 0 Å². The van der Waals surface area contributed by atoms with E-state index in [9.17, 15) is 14.0 Å². The van der Waals surface area contributed by atoms with E-state index in [0.717, 1.165) is 53.6 Å². The highest BCUT2D eigenvalue weighted by atomic mass is 19.1. The molecule has 0 fully saturated rings. The summed E-state index contributed by atoms with van der Waals surface area (Å²) in [6, 6.07) is 3.51. The van der Waals surface area contributed by atoms with Crippen LogP contribution in [-0.4, -0.2) is 23.7 Å². The number of carbonyl (C=O) groups is 1. The average Bonchev–Trinajstić information content (AvgIpc) is 3.14. The zero-order valence-corrected chi connectivity index (χ0v) is 18.2. The number of rotatable bonds is 5. The summed E-state index contributed by atoms with van der Waals surface area (Å²) in [6.45, 7) is 4.54. The summed E-state index contributed by atoms with van der Waals surface area (Å²) >= 11 is 0. The second-order valence-corrected chi connectivity index (χ2v) is 8.96. The monoisotopic (exact) mass is 422 g/mol. The predicted octanol–water partition coefficient (Wildman–Crippen LogP) is 4.32. The SMILES string of the molecule is CCC(C=O)c1cc2n(c(=O)c1COC)CC1C2=Nc2cc(F)c(C)c3c2C1CCC3. The lowest BCUT2D eigenvalue weighted by molar-refractivity contribution is -0.109. The van der Waals surface area contributed by atoms with Crippen LogP contribution in [0.1, 0.15) is 71.5 Å². The molecular formula is C25H27FN2O3. The average molecular weight is 423 g/mol. The first-order valence-electron chi connectivity index (χ1n) is 11.1. The number of aldehydes is 1. The highest BCUT2D eigenvalue weighted by Gasteiger charge is 2.43. The number of benzene rings is 1. The maximum Gasteiger partial charge on any atom is 0.256 e. The van der Waals surface area contributed by atoms with Crippen molar-refractivity contribution in [2.75, 3.05) is 7.11 Å². The standard InChI is InChI=1S/C25H27FN2O3/c1-4-14(11-29)17-8-22-24-18(10-28(22)25(30)19(17)12-31-3)16-7-5-6-15-13(2)20(26)9-21(27-24)23(15)16/h8-9,11,14,16,18H,4-7,10,12H2,1-3H3. The van der Waals surface area contributed by atoms with E-state index in [2.05, 4.69) is 0 Å². The molecule has 2 aromatic rings. The molecule has 0 spiro atoms. The minimum atomic E-state index is -0.361. The molecule has 5 rings (SSSR count). The number of ether oxygens (including phenoxy) is 1. The Labute approximate surface area is 181 Å². The van der Waals surface area contributed by atoms with E-state index in [-0.39, 0.29) is 35.7 Å². The number of aromatic nitrogens is 1. The van der Waals surface area contributed by atoms with Gasteiger partial charge in [0.15, 0.2) is 0 Å². The van der Waals surface area contributed by atoms with Crippen LogP contribution in [0.2, 0.25) is 0 Å². The molecule has 0 bridgehead atoms. The molecule has 31 heavy (non-hydrogen) atoms. The summed E-state index contributed by atoms with van der Waals surface area (Å²) in [6.07, 6.45) is 4.42. The summed E-state index contributed by atoms with van der Waals surface area (Å²) in [5.41, 5.74) is 6.52. The summed E-state index contributed by atoms with van der Waals surface area (Å²) in [4.78, 5) is 30.1. The van der Waals surface area contributed by atoms with Crippen LogP contribution in [0.3, 0.4) is 0 Å². The fraction of sp³-hybridized carbons (Fsp3) is 0.480. The summed E-state index contributed by atoms with van der Waals surface area (Å²) < 4.78 is 21.7. The summed E-state index contributed by atoms with van der Waals surface area (Å²) in [5, 5.41) is 0. The Morgan fingerprint density at radius 1 is 1.35 bits per heavy atom. The third kappa shape index (κ3) is 2.88. The number of hydrogen-bond donors (Lipinski definition) is 0. The first kappa shape index (κ1) is 20.3. The van der Waals surface area contributed by atoms with Gasteiger partial charge >= 0.3 is 0 Å². The van der Waals surface area contributed by atoms with Crippen LogP contribution in [0.4, 0.5) is 10.1 Å². The lowest BCUT2D eigenvalue weighted by atomic mass is 9.71. The van der Waals surface area contributed by atoms with Gasteiger partial charge in [-0.25, -0.2) is 4.39 Å². The largest absolute Gasteiger partial charge is 0.380 e. The number of carbonyl (C=O) groups excluding carboxylic acids is 1. The molecule has 0 saturated carbocycles. The molecule has 3 aliphatic rings. The number of halogens is 1. The molecule has 1 aromatic heterocycles. The molecule has 162 valence electrons. The molecule has 6 heteroatoms. The van der Waals surface area contributed by atoms with Gasteiger partial charge in [-0.15, -0.1) is 0 Å². The van der Waals surface area contributed by atoms with Crippen molar-refractivity contribution in [2.24, 2.45) is 10.9 Å². The highest BCUT2D eigenvalue weighted by molar-refractivity contribution is 6.06. The van der Waals surface area contributed by atoms with Crippen molar-refractivity contribution >= 4 is 17.7 Å². The van der Waals surface area contributed by atoms with Crippen LogP contribution < -0.4 is 5.56 Å². The maximum absolute atomic E-state index is 14.6. The molecule has 3 unspecified atom stereocenters. The molecule has 5 nitrogen and oxygen atoms in total.